The summed E-state index contributed by atoms with van der Waals surface area (Å²) in [6, 6.07) is 3.43. The van der Waals surface area contributed by atoms with E-state index in [1.807, 2.05) is 0 Å². The highest BCUT2D eigenvalue weighted by atomic mass is 35.5. The summed E-state index contributed by atoms with van der Waals surface area (Å²) >= 11 is 5.75. The van der Waals surface area contributed by atoms with Crippen molar-refractivity contribution in [3.05, 3.63) is 23.4 Å². The van der Waals surface area contributed by atoms with Crippen LogP contribution in [0, 0.1) is 5.41 Å². The van der Waals surface area contributed by atoms with Crippen LogP contribution in [0.25, 0.3) is 0 Å². The van der Waals surface area contributed by atoms with E-state index in [0.29, 0.717) is 10.8 Å². The maximum absolute atomic E-state index is 11.8. The van der Waals surface area contributed by atoms with E-state index in [4.69, 9.17) is 17.3 Å². The number of carbonyl (C=O) groups is 2. The number of primary amides is 1. The first-order valence-electron chi connectivity index (χ1n) is 6.11. The van der Waals surface area contributed by atoms with Gasteiger partial charge in [0.05, 0.1) is 17.0 Å². The molecule has 6 nitrogen and oxygen atoms in total. The van der Waals surface area contributed by atoms with Gasteiger partial charge in [0.2, 0.25) is 11.8 Å². The van der Waals surface area contributed by atoms with E-state index in [0.717, 1.165) is 0 Å². The predicted octanol–water partition coefficient (Wildman–Crippen LogP) is 0.799. The van der Waals surface area contributed by atoms with Crippen LogP contribution in [0.3, 0.4) is 0 Å². The van der Waals surface area contributed by atoms with Crippen molar-refractivity contribution in [2.45, 2.75) is 13.8 Å². The molecule has 0 atom stereocenters. The second kappa shape index (κ2) is 6.56. The van der Waals surface area contributed by atoms with Gasteiger partial charge in [-0.2, -0.15) is 0 Å². The van der Waals surface area contributed by atoms with Crippen molar-refractivity contribution in [3.63, 3.8) is 0 Å². The summed E-state index contributed by atoms with van der Waals surface area (Å²) in [6.45, 7) is 3.69. The molecule has 0 fully saturated rings. The molecule has 0 unspecified atom stereocenters. The van der Waals surface area contributed by atoms with E-state index in [1.165, 1.54) is 6.20 Å². The number of aromatic nitrogens is 1. The van der Waals surface area contributed by atoms with Crippen molar-refractivity contribution in [1.82, 2.24) is 10.3 Å². The van der Waals surface area contributed by atoms with Gasteiger partial charge in [-0.3, -0.25) is 9.59 Å². The molecule has 0 saturated carbocycles. The van der Waals surface area contributed by atoms with E-state index in [1.54, 1.807) is 37.9 Å². The summed E-state index contributed by atoms with van der Waals surface area (Å²) in [6.07, 6.45) is 1.52. The van der Waals surface area contributed by atoms with Gasteiger partial charge in [-0.25, -0.2) is 4.98 Å². The van der Waals surface area contributed by atoms with Crippen LogP contribution in [0.2, 0.25) is 5.02 Å². The van der Waals surface area contributed by atoms with Crippen LogP contribution in [0.5, 0.6) is 0 Å². The summed E-state index contributed by atoms with van der Waals surface area (Å²) < 4.78 is 0. The molecule has 0 aliphatic heterocycles. The van der Waals surface area contributed by atoms with Gasteiger partial charge in [-0.15, -0.1) is 0 Å². The van der Waals surface area contributed by atoms with Gasteiger partial charge in [-0.1, -0.05) is 11.6 Å². The van der Waals surface area contributed by atoms with Crippen LogP contribution in [-0.2, 0) is 9.59 Å². The zero-order valence-corrected chi connectivity index (χ0v) is 12.6. The van der Waals surface area contributed by atoms with Gasteiger partial charge in [0.1, 0.15) is 5.82 Å². The number of nitrogens with one attached hydrogen (secondary N) is 1. The third kappa shape index (κ3) is 4.70. The third-order valence-electron chi connectivity index (χ3n) is 2.88. The highest BCUT2D eigenvalue weighted by Gasteiger charge is 2.25. The summed E-state index contributed by atoms with van der Waals surface area (Å²) in [5.74, 6) is -0.0252. The quantitative estimate of drug-likeness (QED) is 0.813. The topological polar surface area (TPSA) is 88.3 Å². The normalized spacial score (nSPS) is 11.0. The monoisotopic (exact) mass is 298 g/mol. The number of nitrogens with two attached hydrogens (primary N) is 1. The first-order chi connectivity index (χ1) is 9.22. The summed E-state index contributed by atoms with van der Waals surface area (Å²) in [4.78, 5) is 28.7. The number of hydrogen-bond donors (Lipinski definition) is 2. The predicted molar refractivity (Wildman–Crippen MR) is 78.5 cm³/mol. The number of nitrogens with zero attached hydrogens (tertiary/aromatic N) is 2. The molecule has 0 spiro atoms. The lowest BCUT2D eigenvalue weighted by Gasteiger charge is -2.22. The number of halogens is 1. The zero-order valence-electron chi connectivity index (χ0n) is 11.8. The number of hydrogen-bond acceptors (Lipinski definition) is 4. The molecule has 2 amide bonds. The number of pyridine rings is 1. The van der Waals surface area contributed by atoms with Crippen molar-refractivity contribution >= 4 is 29.2 Å². The number of amides is 2. The molecule has 1 aromatic heterocycles. The summed E-state index contributed by atoms with van der Waals surface area (Å²) in [5, 5.41) is 3.22. The fourth-order valence-electron chi connectivity index (χ4n) is 1.35. The van der Waals surface area contributed by atoms with Crippen molar-refractivity contribution in [3.8, 4) is 0 Å². The Bertz CT molecular complexity index is 488. The molecule has 0 bridgehead atoms. The van der Waals surface area contributed by atoms with Crippen LogP contribution in [0.15, 0.2) is 18.3 Å². The Morgan fingerprint density at radius 2 is 2.10 bits per heavy atom. The molecular formula is C13H19ClN4O2. The zero-order chi connectivity index (χ0) is 15.3. The van der Waals surface area contributed by atoms with Crippen LogP contribution in [0.4, 0.5) is 5.82 Å². The van der Waals surface area contributed by atoms with Crippen LogP contribution in [0.1, 0.15) is 13.8 Å². The molecule has 1 rings (SSSR count). The first kappa shape index (κ1) is 16.2. The minimum absolute atomic E-state index is 0.128. The van der Waals surface area contributed by atoms with Gasteiger partial charge in [0.15, 0.2) is 0 Å². The SMILES string of the molecule is CN(CC(=O)NCC(C)(C)C(N)=O)c1ccc(Cl)cn1. The van der Waals surface area contributed by atoms with Gasteiger partial charge < -0.3 is 16.0 Å². The van der Waals surface area contributed by atoms with Crippen molar-refractivity contribution in [2.24, 2.45) is 11.1 Å². The highest BCUT2D eigenvalue weighted by molar-refractivity contribution is 6.30. The minimum Gasteiger partial charge on any atom is -0.369 e. The van der Waals surface area contributed by atoms with Crippen molar-refractivity contribution in [2.75, 3.05) is 25.0 Å². The molecule has 3 N–H and O–H groups in total. The van der Waals surface area contributed by atoms with Gasteiger partial charge in [-0.05, 0) is 26.0 Å². The number of anilines is 1. The molecule has 7 heteroatoms. The average molecular weight is 299 g/mol. The van der Waals surface area contributed by atoms with Gasteiger partial charge in [0, 0.05) is 19.8 Å². The highest BCUT2D eigenvalue weighted by Crippen LogP contribution is 2.13. The smallest absolute Gasteiger partial charge is 0.239 e. The van der Waals surface area contributed by atoms with E-state index in [2.05, 4.69) is 10.3 Å². The Kier molecular flexibility index (Phi) is 5.33. The Balaban J connectivity index is 2.50. The Labute approximate surface area is 123 Å². The van der Waals surface area contributed by atoms with E-state index < -0.39 is 11.3 Å². The molecular weight excluding hydrogens is 280 g/mol. The molecule has 0 saturated heterocycles. The lowest BCUT2D eigenvalue weighted by molar-refractivity contribution is -0.126. The molecule has 0 aliphatic rings. The summed E-state index contributed by atoms with van der Waals surface area (Å²) in [7, 11) is 1.75. The second-order valence-electron chi connectivity index (χ2n) is 5.22. The van der Waals surface area contributed by atoms with Crippen LogP contribution in [-0.4, -0.2) is 36.9 Å². The van der Waals surface area contributed by atoms with E-state index >= 15 is 0 Å². The maximum atomic E-state index is 11.8. The molecule has 20 heavy (non-hydrogen) atoms. The van der Waals surface area contributed by atoms with E-state index in [-0.39, 0.29) is 19.0 Å². The molecule has 0 aliphatic carbocycles. The second-order valence-corrected chi connectivity index (χ2v) is 5.65. The average Bonchev–Trinajstić information content (AvgIpc) is 2.37. The van der Waals surface area contributed by atoms with Crippen molar-refractivity contribution < 1.29 is 9.59 Å². The molecule has 1 heterocycles. The Hall–Kier alpha value is -1.82. The number of carbonyl (C=O) groups excluding carboxylic acids is 2. The maximum Gasteiger partial charge on any atom is 0.239 e. The number of likely N-dealkylation sites (N-methyl/N-ethyl adjacent to an activating group) is 1. The summed E-state index contributed by atoms with van der Waals surface area (Å²) in [5.41, 5.74) is 4.47. The molecule has 110 valence electrons. The standard InChI is InChI=1S/C13H19ClN4O2/c1-13(2,12(15)20)8-17-11(19)7-18(3)10-5-4-9(14)6-16-10/h4-6H,7-8H2,1-3H3,(H2,15,20)(H,17,19). The molecule has 0 radical (unpaired) electrons. The van der Waals surface area contributed by atoms with Crippen LogP contribution >= 0.6 is 11.6 Å². The van der Waals surface area contributed by atoms with E-state index in [9.17, 15) is 9.59 Å². The number of rotatable bonds is 6. The lowest BCUT2D eigenvalue weighted by atomic mass is 9.93. The lowest BCUT2D eigenvalue weighted by Crippen LogP contribution is -2.45. The fraction of sp³-hybridized carbons (Fsp3) is 0.462. The van der Waals surface area contributed by atoms with Crippen LogP contribution < -0.4 is 16.0 Å². The largest absolute Gasteiger partial charge is 0.369 e. The third-order valence-corrected chi connectivity index (χ3v) is 3.10. The molecule has 0 aromatic carbocycles. The Morgan fingerprint density at radius 3 is 2.60 bits per heavy atom. The molecule has 1 aromatic rings. The van der Waals surface area contributed by atoms with Gasteiger partial charge >= 0.3 is 0 Å². The minimum atomic E-state index is -0.771. The first-order valence-corrected chi connectivity index (χ1v) is 6.49. The van der Waals surface area contributed by atoms with Gasteiger partial charge in [0.25, 0.3) is 0 Å². The fourth-order valence-corrected chi connectivity index (χ4v) is 1.46. The Morgan fingerprint density at radius 1 is 1.45 bits per heavy atom. The van der Waals surface area contributed by atoms with Crippen molar-refractivity contribution in [1.29, 1.82) is 0 Å².